The molecule has 176 valence electrons. The largest absolute Gasteiger partial charge is 0.360 e. The first-order valence-corrected chi connectivity index (χ1v) is 14.1. The summed E-state index contributed by atoms with van der Waals surface area (Å²) in [5.74, 6) is 0.0232. The van der Waals surface area contributed by atoms with Gasteiger partial charge in [-0.05, 0) is 30.5 Å². The van der Waals surface area contributed by atoms with Gasteiger partial charge >= 0.3 is 0 Å². The molecule has 12 heteroatoms. The number of hydrogen-bond acceptors (Lipinski definition) is 6. The zero-order valence-corrected chi connectivity index (χ0v) is 21.9. The number of carbonyl (C=O) groups excluding carboxylic acids is 1. The maximum atomic E-state index is 13.2. The van der Waals surface area contributed by atoms with Crippen LogP contribution in [0, 0.1) is 5.41 Å². The summed E-state index contributed by atoms with van der Waals surface area (Å²) >= 11 is 14.9. The second-order valence-corrected chi connectivity index (χ2v) is 12.5. The van der Waals surface area contributed by atoms with Crippen molar-refractivity contribution >= 4 is 77.7 Å². The smallest absolute Gasteiger partial charge is 0.265 e. The van der Waals surface area contributed by atoms with E-state index in [4.69, 9.17) is 28.6 Å². The normalized spacial score (nSPS) is 15.2. The molecule has 2 aromatic heterocycles. The highest BCUT2D eigenvalue weighted by Gasteiger charge is 2.33. The number of fused-ring (bicyclic) bond motifs is 1. The Hall–Kier alpha value is -1.69. The number of halogens is 2. The number of hydrogen-bond donors (Lipinski definition) is 1. The molecule has 0 aliphatic carbocycles. The predicted octanol–water partition coefficient (Wildman–Crippen LogP) is 4.69. The van der Waals surface area contributed by atoms with E-state index in [0.29, 0.717) is 22.0 Å². The number of nitrogens with zero attached hydrogens (tertiary/aromatic N) is 3. The molecule has 1 N–H and O–H groups in total. The molecule has 3 aromatic rings. The number of amides is 1. The molecule has 0 saturated carbocycles. The number of thiophene rings is 2. The highest BCUT2D eigenvalue weighted by atomic mass is 35.5. The van der Waals surface area contributed by atoms with Gasteiger partial charge in [0.05, 0.1) is 5.02 Å². The van der Waals surface area contributed by atoms with Gasteiger partial charge in [0.25, 0.3) is 15.9 Å². The van der Waals surface area contributed by atoms with Crippen LogP contribution in [0.2, 0.25) is 10.0 Å². The number of nitrogens with one attached hydrogen (secondary N) is 1. The third-order valence-corrected chi connectivity index (χ3v) is 10.8. The van der Waals surface area contributed by atoms with Crippen LogP contribution in [-0.2, 0) is 10.0 Å². The summed E-state index contributed by atoms with van der Waals surface area (Å²) in [5.41, 5.74) is 0.528. The van der Waals surface area contributed by atoms with E-state index >= 15 is 0 Å². The zero-order chi connectivity index (χ0) is 23.9. The van der Waals surface area contributed by atoms with E-state index in [0.717, 1.165) is 10.1 Å². The number of piperazine rings is 1. The highest BCUT2D eigenvalue weighted by Crippen LogP contribution is 2.34. The van der Waals surface area contributed by atoms with Crippen molar-refractivity contribution < 1.29 is 13.2 Å². The number of sulfonamides is 1. The summed E-state index contributed by atoms with van der Waals surface area (Å²) in [5, 5.41) is 11.6. The lowest BCUT2D eigenvalue weighted by atomic mass is 10.2. The van der Waals surface area contributed by atoms with Crippen molar-refractivity contribution in [2.24, 2.45) is 0 Å². The van der Waals surface area contributed by atoms with Gasteiger partial charge in [0, 0.05) is 60.4 Å². The maximum absolute atomic E-state index is 13.2. The minimum atomic E-state index is -3.66. The molecule has 1 aromatic carbocycles. The van der Waals surface area contributed by atoms with Crippen LogP contribution in [0.25, 0.3) is 10.1 Å². The lowest BCUT2D eigenvalue weighted by Gasteiger charge is -2.33. The predicted molar refractivity (Wildman–Crippen MR) is 136 cm³/mol. The van der Waals surface area contributed by atoms with Crippen LogP contribution >= 0.6 is 45.9 Å². The Morgan fingerprint density at radius 2 is 1.88 bits per heavy atom. The number of rotatable bonds is 5. The Balaban J connectivity index is 1.46. The van der Waals surface area contributed by atoms with Crippen LogP contribution in [-0.4, -0.2) is 74.0 Å². The van der Waals surface area contributed by atoms with Crippen molar-refractivity contribution in [2.75, 3.05) is 39.8 Å². The fourth-order valence-corrected chi connectivity index (χ4v) is 8.10. The van der Waals surface area contributed by atoms with Gasteiger partial charge in [-0.2, -0.15) is 4.31 Å². The standard InChI is InChI=1S/C21H22Cl2N4O3S3/c1-3-25(2)20(24)15-12-31-19(18(15)23)21(28)26-6-8-27(9-7-26)33(29,30)17-10-13-4-5-14(22)11-16(13)32-17/h4-5,10-12,24H,3,6-9H2,1-2H3. The number of benzene rings is 1. The van der Waals surface area contributed by atoms with Crippen molar-refractivity contribution in [3.8, 4) is 0 Å². The van der Waals surface area contributed by atoms with Gasteiger partial charge < -0.3 is 9.80 Å². The van der Waals surface area contributed by atoms with E-state index in [1.54, 1.807) is 46.5 Å². The molecular formula is C21H22Cl2N4O3S3. The Morgan fingerprint density at radius 1 is 1.18 bits per heavy atom. The summed E-state index contributed by atoms with van der Waals surface area (Å²) in [6.45, 7) is 3.52. The first kappa shape index (κ1) is 24.4. The average molecular weight is 546 g/mol. The second kappa shape index (κ2) is 9.52. The first-order chi connectivity index (χ1) is 15.6. The lowest BCUT2D eigenvalue weighted by Crippen LogP contribution is -2.50. The van der Waals surface area contributed by atoms with E-state index in [9.17, 15) is 13.2 Å². The number of carbonyl (C=O) groups is 1. The lowest BCUT2D eigenvalue weighted by molar-refractivity contribution is 0.0703. The molecule has 3 heterocycles. The first-order valence-electron chi connectivity index (χ1n) is 10.2. The summed E-state index contributed by atoms with van der Waals surface area (Å²) < 4.78 is 28.8. The minimum Gasteiger partial charge on any atom is -0.360 e. The average Bonchev–Trinajstić information content (AvgIpc) is 3.41. The molecule has 0 bridgehead atoms. The SMILES string of the molecule is CCN(C)C(=N)c1csc(C(=O)N2CCN(S(=O)(=O)c3cc4ccc(Cl)cc4s3)CC2)c1Cl. The van der Waals surface area contributed by atoms with Crippen molar-refractivity contribution in [1.29, 1.82) is 5.41 Å². The molecule has 0 spiro atoms. The fourth-order valence-electron chi connectivity index (χ4n) is 3.52. The van der Waals surface area contributed by atoms with Gasteiger partial charge in [-0.1, -0.05) is 29.3 Å². The zero-order valence-electron chi connectivity index (χ0n) is 18.0. The van der Waals surface area contributed by atoms with Gasteiger partial charge in [0.15, 0.2) is 0 Å². The summed E-state index contributed by atoms with van der Waals surface area (Å²) in [7, 11) is -1.87. The summed E-state index contributed by atoms with van der Waals surface area (Å²) in [6.07, 6.45) is 0. The highest BCUT2D eigenvalue weighted by molar-refractivity contribution is 7.91. The molecule has 1 aliphatic heterocycles. The van der Waals surface area contributed by atoms with Crippen molar-refractivity contribution in [1.82, 2.24) is 14.1 Å². The van der Waals surface area contributed by atoms with Gasteiger partial charge in [-0.25, -0.2) is 8.42 Å². The molecule has 4 rings (SSSR count). The topological polar surface area (TPSA) is 84.8 Å². The molecule has 1 saturated heterocycles. The van der Waals surface area contributed by atoms with Crippen molar-refractivity contribution in [3.63, 3.8) is 0 Å². The monoisotopic (exact) mass is 544 g/mol. The van der Waals surface area contributed by atoms with Crippen LogP contribution in [0.4, 0.5) is 0 Å². The second-order valence-electron chi connectivity index (χ2n) is 7.60. The van der Waals surface area contributed by atoms with E-state index in [1.165, 1.54) is 27.0 Å². The number of amidine groups is 1. The molecular weight excluding hydrogens is 523 g/mol. The van der Waals surface area contributed by atoms with Crippen LogP contribution in [0.1, 0.15) is 22.2 Å². The molecule has 0 unspecified atom stereocenters. The van der Waals surface area contributed by atoms with E-state index in [1.807, 2.05) is 6.92 Å². The molecule has 0 atom stereocenters. The molecule has 1 fully saturated rings. The third kappa shape index (κ3) is 4.65. The van der Waals surface area contributed by atoms with E-state index in [-0.39, 0.29) is 47.2 Å². The van der Waals surface area contributed by atoms with E-state index in [2.05, 4.69) is 0 Å². The van der Waals surface area contributed by atoms with Gasteiger partial charge in [-0.15, -0.1) is 22.7 Å². The van der Waals surface area contributed by atoms with Gasteiger partial charge in [-0.3, -0.25) is 10.2 Å². The molecule has 0 radical (unpaired) electrons. The summed E-state index contributed by atoms with van der Waals surface area (Å²) in [6, 6.07) is 6.97. The molecule has 1 amide bonds. The Kier molecular flexibility index (Phi) is 7.05. The van der Waals surface area contributed by atoms with Crippen LogP contribution in [0.15, 0.2) is 33.9 Å². The van der Waals surface area contributed by atoms with Crippen molar-refractivity contribution in [3.05, 3.63) is 50.1 Å². The Morgan fingerprint density at radius 3 is 2.55 bits per heavy atom. The minimum absolute atomic E-state index is 0.202. The molecule has 7 nitrogen and oxygen atoms in total. The van der Waals surface area contributed by atoms with Gasteiger partial charge in [0.2, 0.25) is 0 Å². The van der Waals surface area contributed by atoms with Crippen molar-refractivity contribution in [2.45, 2.75) is 11.1 Å². The Labute approximate surface area is 210 Å². The molecule has 33 heavy (non-hydrogen) atoms. The Bertz CT molecular complexity index is 1330. The van der Waals surface area contributed by atoms with Crippen LogP contribution < -0.4 is 0 Å². The maximum Gasteiger partial charge on any atom is 0.265 e. The quantitative estimate of drug-likeness (QED) is 0.372. The van der Waals surface area contributed by atoms with Crippen LogP contribution in [0.5, 0.6) is 0 Å². The van der Waals surface area contributed by atoms with Crippen LogP contribution in [0.3, 0.4) is 0 Å². The van der Waals surface area contributed by atoms with E-state index < -0.39 is 10.0 Å². The summed E-state index contributed by atoms with van der Waals surface area (Å²) in [4.78, 5) is 16.8. The van der Waals surface area contributed by atoms with Gasteiger partial charge in [0.1, 0.15) is 14.9 Å². The fraction of sp³-hybridized carbons (Fsp3) is 0.333. The molecule has 1 aliphatic rings. The third-order valence-electron chi connectivity index (χ3n) is 5.62.